The molecule has 0 saturated heterocycles. The predicted molar refractivity (Wildman–Crippen MR) is 115 cm³/mol. The zero-order valence-electron chi connectivity index (χ0n) is 16.9. The standard InChI is InChI=1S/C23H24FNO4S/c1-3-23(26)29-13-12-19-14-22(18-6-4-17(5-7-18)15-30(27)28)25(16(19)2)21-10-8-20(24)9-11-21/h4-11,14H,3,12-13,15H2,1-2H3,(H,27,28). The SMILES string of the molecule is CCC(=O)OCCc1cc(-c2ccc(CS(=O)O)cc2)n(-c2ccc(F)cc2)c1C. The fourth-order valence-corrected chi connectivity index (χ4v) is 3.82. The van der Waals surface area contributed by atoms with E-state index in [9.17, 15) is 13.4 Å². The van der Waals surface area contributed by atoms with Crippen LogP contribution in [0.3, 0.4) is 0 Å². The van der Waals surface area contributed by atoms with Crippen molar-refractivity contribution in [1.82, 2.24) is 4.57 Å². The summed E-state index contributed by atoms with van der Waals surface area (Å²) in [6, 6.07) is 15.8. The Morgan fingerprint density at radius 2 is 1.80 bits per heavy atom. The Morgan fingerprint density at radius 3 is 2.40 bits per heavy atom. The molecule has 2 aromatic carbocycles. The van der Waals surface area contributed by atoms with Gasteiger partial charge in [0.25, 0.3) is 0 Å². The number of aromatic nitrogens is 1. The molecule has 0 bridgehead atoms. The van der Waals surface area contributed by atoms with Gasteiger partial charge in [0.05, 0.1) is 18.1 Å². The smallest absolute Gasteiger partial charge is 0.305 e. The van der Waals surface area contributed by atoms with E-state index in [-0.39, 0.29) is 17.5 Å². The maximum atomic E-state index is 13.5. The van der Waals surface area contributed by atoms with Gasteiger partial charge in [-0.05, 0) is 53.9 Å². The molecule has 3 aromatic rings. The Kier molecular flexibility index (Phi) is 7.18. The van der Waals surface area contributed by atoms with Crippen LogP contribution >= 0.6 is 0 Å². The first-order valence-corrected chi connectivity index (χ1v) is 11.0. The zero-order chi connectivity index (χ0) is 21.7. The maximum Gasteiger partial charge on any atom is 0.305 e. The molecule has 0 fully saturated rings. The van der Waals surface area contributed by atoms with Crippen molar-refractivity contribution in [2.24, 2.45) is 0 Å². The molecular formula is C23H24FNO4S. The molecule has 1 N–H and O–H groups in total. The van der Waals surface area contributed by atoms with Crippen LogP contribution < -0.4 is 0 Å². The van der Waals surface area contributed by atoms with E-state index in [1.165, 1.54) is 12.1 Å². The highest BCUT2D eigenvalue weighted by molar-refractivity contribution is 7.78. The van der Waals surface area contributed by atoms with Crippen molar-refractivity contribution in [1.29, 1.82) is 0 Å². The molecule has 158 valence electrons. The first-order valence-electron chi connectivity index (χ1n) is 9.68. The number of rotatable bonds is 8. The second-order valence-electron chi connectivity index (χ2n) is 6.94. The van der Waals surface area contributed by atoms with E-state index < -0.39 is 11.1 Å². The van der Waals surface area contributed by atoms with Crippen LogP contribution in [0.15, 0.2) is 54.6 Å². The van der Waals surface area contributed by atoms with Crippen molar-refractivity contribution in [3.63, 3.8) is 0 Å². The average Bonchev–Trinajstić information content (AvgIpc) is 3.05. The maximum absolute atomic E-state index is 13.5. The minimum Gasteiger partial charge on any atom is -0.465 e. The van der Waals surface area contributed by atoms with Crippen molar-refractivity contribution in [2.75, 3.05) is 6.61 Å². The van der Waals surface area contributed by atoms with Crippen LogP contribution in [0.25, 0.3) is 16.9 Å². The highest BCUT2D eigenvalue weighted by Crippen LogP contribution is 2.30. The summed E-state index contributed by atoms with van der Waals surface area (Å²) in [6.07, 6.45) is 0.909. The van der Waals surface area contributed by atoms with Crippen LogP contribution in [-0.2, 0) is 32.8 Å². The van der Waals surface area contributed by atoms with E-state index >= 15 is 0 Å². The van der Waals surface area contributed by atoms with Crippen LogP contribution in [0, 0.1) is 12.7 Å². The molecule has 0 radical (unpaired) electrons. The number of hydrogen-bond donors (Lipinski definition) is 1. The summed E-state index contributed by atoms with van der Waals surface area (Å²) in [6.45, 7) is 4.03. The normalized spacial score (nSPS) is 12.0. The second kappa shape index (κ2) is 9.82. The third-order valence-corrected chi connectivity index (χ3v) is 5.48. The third-order valence-electron chi connectivity index (χ3n) is 4.90. The molecule has 0 aliphatic heterocycles. The average molecular weight is 430 g/mol. The van der Waals surface area contributed by atoms with Crippen molar-refractivity contribution < 1.29 is 22.7 Å². The Hall–Kier alpha value is -2.77. The summed E-state index contributed by atoms with van der Waals surface area (Å²) in [7, 11) is 0. The first-order chi connectivity index (χ1) is 14.4. The van der Waals surface area contributed by atoms with Gasteiger partial charge >= 0.3 is 5.97 Å². The van der Waals surface area contributed by atoms with Crippen LogP contribution in [0.1, 0.15) is 30.2 Å². The topological polar surface area (TPSA) is 68.5 Å². The van der Waals surface area contributed by atoms with Crippen LogP contribution in [0.2, 0.25) is 0 Å². The summed E-state index contributed by atoms with van der Waals surface area (Å²) < 4.78 is 40.9. The molecule has 1 unspecified atom stereocenters. The molecule has 0 amide bonds. The monoisotopic (exact) mass is 429 g/mol. The van der Waals surface area contributed by atoms with Crippen molar-refractivity contribution in [2.45, 2.75) is 32.4 Å². The highest BCUT2D eigenvalue weighted by atomic mass is 32.2. The Balaban J connectivity index is 1.99. The predicted octanol–water partition coefficient (Wildman–Crippen LogP) is 4.81. The molecule has 3 rings (SSSR count). The third kappa shape index (κ3) is 5.23. The van der Waals surface area contributed by atoms with Gasteiger partial charge in [0.1, 0.15) is 5.82 Å². The lowest BCUT2D eigenvalue weighted by molar-refractivity contribution is -0.143. The number of hydrogen-bond acceptors (Lipinski definition) is 3. The van der Waals surface area contributed by atoms with Crippen LogP contribution in [0.5, 0.6) is 0 Å². The lowest BCUT2D eigenvalue weighted by Crippen LogP contribution is -2.06. The van der Waals surface area contributed by atoms with Gasteiger partial charge in [0.15, 0.2) is 11.1 Å². The van der Waals surface area contributed by atoms with E-state index in [0.717, 1.165) is 33.8 Å². The lowest BCUT2D eigenvalue weighted by atomic mass is 10.1. The molecule has 0 saturated carbocycles. The van der Waals surface area contributed by atoms with Gasteiger partial charge in [-0.1, -0.05) is 31.2 Å². The van der Waals surface area contributed by atoms with Gasteiger partial charge in [-0.3, -0.25) is 4.79 Å². The molecule has 0 aliphatic rings. The molecule has 0 aliphatic carbocycles. The van der Waals surface area contributed by atoms with Crippen molar-refractivity contribution in [3.05, 3.63) is 77.2 Å². The molecule has 1 heterocycles. The van der Waals surface area contributed by atoms with Crippen molar-refractivity contribution in [3.8, 4) is 16.9 Å². The van der Waals surface area contributed by atoms with E-state index in [1.807, 2.05) is 41.8 Å². The largest absolute Gasteiger partial charge is 0.465 e. The van der Waals surface area contributed by atoms with E-state index in [1.54, 1.807) is 19.1 Å². The van der Waals surface area contributed by atoms with Gasteiger partial charge in [-0.15, -0.1) is 0 Å². The Bertz CT molecular complexity index is 1040. The summed E-state index contributed by atoms with van der Waals surface area (Å²) in [5, 5.41) is 0. The molecule has 1 atom stereocenters. The molecule has 30 heavy (non-hydrogen) atoms. The van der Waals surface area contributed by atoms with E-state index in [0.29, 0.717) is 19.4 Å². The summed E-state index contributed by atoms with van der Waals surface area (Å²) >= 11 is -1.89. The number of carbonyl (C=O) groups is 1. The molecular weight excluding hydrogens is 405 g/mol. The number of carbonyl (C=O) groups excluding carboxylic acids is 1. The second-order valence-corrected chi connectivity index (χ2v) is 7.87. The van der Waals surface area contributed by atoms with Gasteiger partial charge in [-0.25, -0.2) is 8.60 Å². The fraction of sp³-hybridized carbons (Fsp3) is 0.261. The van der Waals surface area contributed by atoms with E-state index in [4.69, 9.17) is 9.29 Å². The van der Waals surface area contributed by atoms with Gasteiger partial charge < -0.3 is 13.9 Å². The van der Waals surface area contributed by atoms with E-state index in [2.05, 4.69) is 0 Å². The summed E-state index contributed by atoms with van der Waals surface area (Å²) in [4.78, 5) is 11.4. The number of nitrogens with zero attached hydrogens (tertiary/aromatic N) is 1. The lowest BCUT2D eigenvalue weighted by Gasteiger charge is -2.13. The number of ether oxygens (including phenoxy) is 1. The highest BCUT2D eigenvalue weighted by Gasteiger charge is 2.16. The quantitative estimate of drug-likeness (QED) is 0.412. The van der Waals surface area contributed by atoms with Crippen molar-refractivity contribution >= 4 is 17.0 Å². The molecule has 7 heteroatoms. The molecule has 0 spiro atoms. The minimum atomic E-state index is -1.89. The molecule has 1 aromatic heterocycles. The summed E-state index contributed by atoms with van der Waals surface area (Å²) in [5.74, 6) is -0.465. The molecule has 5 nitrogen and oxygen atoms in total. The number of esters is 1. The minimum absolute atomic E-state index is 0.0757. The van der Waals surface area contributed by atoms with Gasteiger partial charge in [0, 0.05) is 24.2 Å². The fourth-order valence-electron chi connectivity index (χ4n) is 3.34. The first kappa shape index (κ1) is 21.9. The Labute approximate surface area is 177 Å². The number of halogens is 1. The van der Waals surface area contributed by atoms with Gasteiger partial charge in [0.2, 0.25) is 0 Å². The van der Waals surface area contributed by atoms with Crippen LogP contribution in [0.4, 0.5) is 4.39 Å². The summed E-state index contributed by atoms with van der Waals surface area (Å²) in [5.41, 5.74) is 5.42. The number of benzene rings is 2. The zero-order valence-corrected chi connectivity index (χ0v) is 17.7. The Morgan fingerprint density at radius 1 is 1.13 bits per heavy atom. The van der Waals surface area contributed by atoms with Crippen LogP contribution in [-0.4, -0.2) is 25.9 Å². The van der Waals surface area contributed by atoms with Gasteiger partial charge in [-0.2, -0.15) is 0 Å².